The summed E-state index contributed by atoms with van der Waals surface area (Å²) in [6, 6.07) is 16.9. The Morgan fingerprint density at radius 1 is 1.00 bits per heavy atom. The Balaban J connectivity index is 2.02. The molecule has 0 aromatic heterocycles. The molecule has 0 saturated heterocycles. The molecule has 2 aromatic rings. The summed E-state index contributed by atoms with van der Waals surface area (Å²) in [5.41, 5.74) is 7.53. The van der Waals surface area contributed by atoms with Gasteiger partial charge in [0.2, 0.25) is 5.91 Å². The lowest BCUT2D eigenvalue weighted by atomic mass is 9.96. The van der Waals surface area contributed by atoms with Crippen LogP contribution in [0.3, 0.4) is 0 Å². The third-order valence-corrected chi connectivity index (χ3v) is 4.32. The number of hydrogen-bond donors (Lipinski definition) is 3. The van der Waals surface area contributed by atoms with E-state index in [1.807, 2.05) is 25.1 Å². The molecular weight excluding hydrogens is 326 g/mol. The Kier molecular flexibility index (Phi) is 6.92. The Morgan fingerprint density at radius 3 is 2.15 bits per heavy atom. The number of carbonyl (C=O) groups is 2. The normalized spacial score (nSPS) is 13.2. The van der Waals surface area contributed by atoms with Crippen LogP contribution < -0.4 is 16.4 Å². The summed E-state index contributed by atoms with van der Waals surface area (Å²) in [4.78, 5) is 23.7. The molecule has 0 aliphatic heterocycles. The van der Waals surface area contributed by atoms with Crippen molar-refractivity contribution in [1.82, 2.24) is 0 Å². The monoisotopic (exact) mass is 354 g/mol. The molecule has 2 amide bonds. The summed E-state index contributed by atoms with van der Waals surface area (Å²) < 4.78 is 0. The number of nitrogens with one attached hydrogen (secondary N) is 1. The zero-order valence-corrected chi connectivity index (χ0v) is 15.6. The molecular formula is C21H28N3O2+. The molecule has 0 unspecified atom stereocenters. The van der Waals surface area contributed by atoms with E-state index >= 15 is 0 Å². The Morgan fingerprint density at radius 2 is 1.62 bits per heavy atom. The van der Waals surface area contributed by atoms with Crippen molar-refractivity contribution in [3.8, 4) is 0 Å². The summed E-state index contributed by atoms with van der Waals surface area (Å²) in [6.45, 7) is 6.28. The summed E-state index contributed by atoms with van der Waals surface area (Å²) in [5.74, 6) is -0.0152. The number of carbonyl (C=O) groups excluding carboxylic acids is 2. The first-order valence-electron chi connectivity index (χ1n) is 8.97. The van der Waals surface area contributed by atoms with E-state index < -0.39 is 5.91 Å². The molecule has 2 atom stereocenters. The van der Waals surface area contributed by atoms with Gasteiger partial charge in [-0.2, -0.15) is 0 Å². The topological polar surface area (TPSA) is 88.8 Å². The summed E-state index contributed by atoms with van der Waals surface area (Å²) in [7, 11) is 0. The van der Waals surface area contributed by atoms with Crippen LogP contribution >= 0.6 is 0 Å². The number of quaternary nitrogens is 1. The SMILES string of the molecule is CC(C)C[C@@H]([NH2+][C@@H](C)C(=O)Nc1ccc(C(N)=O)cc1)c1ccccc1. The minimum absolute atomic E-state index is 0.0680. The number of rotatable bonds is 8. The summed E-state index contributed by atoms with van der Waals surface area (Å²) in [6.07, 6.45) is 0.995. The van der Waals surface area contributed by atoms with Crippen molar-refractivity contribution in [3.05, 3.63) is 65.7 Å². The Bertz CT molecular complexity index is 727. The average Bonchev–Trinajstić information content (AvgIpc) is 2.62. The van der Waals surface area contributed by atoms with Crippen molar-refractivity contribution < 1.29 is 14.9 Å². The van der Waals surface area contributed by atoms with Gasteiger partial charge < -0.3 is 16.4 Å². The van der Waals surface area contributed by atoms with Gasteiger partial charge in [0.1, 0.15) is 6.04 Å². The van der Waals surface area contributed by atoms with Crippen LogP contribution in [0.25, 0.3) is 0 Å². The van der Waals surface area contributed by atoms with Crippen molar-refractivity contribution in [2.24, 2.45) is 11.7 Å². The number of primary amides is 1. The second-order valence-corrected chi connectivity index (χ2v) is 7.06. The molecule has 138 valence electrons. The third-order valence-electron chi connectivity index (χ3n) is 4.32. The largest absolute Gasteiger partial charge is 0.366 e. The smallest absolute Gasteiger partial charge is 0.282 e. The zero-order chi connectivity index (χ0) is 19.1. The van der Waals surface area contributed by atoms with Gasteiger partial charge in [0.25, 0.3) is 5.91 Å². The van der Waals surface area contributed by atoms with E-state index in [1.165, 1.54) is 5.56 Å². The Hall–Kier alpha value is -2.66. The standard InChI is InChI=1S/C21H27N3O2/c1-14(2)13-19(16-7-5-4-6-8-16)23-15(3)21(26)24-18-11-9-17(10-12-18)20(22)25/h4-12,14-15,19,23H,13H2,1-3H3,(H2,22,25)(H,24,26)/p+1/t15-,19+/m0/s1. The van der Waals surface area contributed by atoms with Crippen LogP contribution in [0.15, 0.2) is 54.6 Å². The Labute approximate surface area is 155 Å². The number of amides is 2. The van der Waals surface area contributed by atoms with E-state index in [2.05, 4.69) is 36.6 Å². The van der Waals surface area contributed by atoms with Gasteiger partial charge in [-0.3, -0.25) is 9.59 Å². The van der Waals surface area contributed by atoms with Gasteiger partial charge in [0, 0.05) is 23.2 Å². The molecule has 0 bridgehead atoms. The van der Waals surface area contributed by atoms with E-state index in [-0.39, 0.29) is 18.0 Å². The number of benzene rings is 2. The molecule has 2 aromatic carbocycles. The summed E-state index contributed by atoms with van der Waals surface area (Å²) >= 11 is 0. The molecule has 0 heterocycles. The maximum absolute atomic E-state index is 12.5. The fourth-order valence-corrected chi connectivity index (χ4v) is 2.94. The van der Waals surface area contributed by atoms with Crippen molar-refractivity contribution in [2.45, 2.75) is 39.3 Å². The minimum Gasteiger partial charge on any atom is -0.366 e. The van der Waals surface area contributed by atoms with Crippen LogP contribution in [0, 0.1) is 5.92 Å². The van der Waals surface area contributed by atoms with E-state index in [0.29, 0.717) is 17.2 Å². The quantitative estimate of drug-likeness (QED) is 0.680. The van der Waals surface area contributed by atoms with E-state index in [0.717, 1.165) is 6.42 Å². The lowest BCUT2D eigenvalue weighted by Crippen LogP contribution is -2.92. The van der Waals surface area contributed by atoms with Crippen LogP contribution in [-0.4, -0.2) is 17.9 Å². The molecule has 0 aliphatic rings. The molecule has 26 heavy (non-hydrogen) atoms. The molecule has 5 nitrogen and oxygen atoms in total. The number of nitrogens with two attached hydrogens (primary N) is 2. The number of hydrogen-bond acceptors (Lipinski definition) is 2. The highest BCUT2D eigenvalue weighted by atomic mass is 16.2. The van der Waals surface area contributed by atoms with Crippen molar-refractivity contribution >= 4 is 17.5 Å². The molecule has 5 heteroatoms. The highest BCUT2D eigenvalue weighted by Crippen LogP contribution is 2.17. The van der Waals surface area contributed by atoms with Crippen molar-refractivity contribution in [1.29, 1.82) is 0 Å². The molecule has 0 aliphatic carbocycles. The second kappa shape index (κ2) is 9.15. The molecule has 2 rings (SSSR count). The lowest BCUT2D eigenvalue weighted by Gasteiger charge is -2.21. The van der Waals surface area contributed by atoms with E-state index in [9.17, 15) is 9.59 Å². The summed E-state index contributed by atoms with van der Waals surface area (Å²) in [5, 5.41) is 5.01. The predicted octanol–water partition coefficient (Wildman–Crippen LogP) is 2.46. The van der Waals surface area contributed by atoms with Crippen molar-refractivity contribution in [3.63, 3.8) is 0 Å². The lowest BCUT2D eigenvalue weighted by molar-refractivity contribution is -0.714. The fourth-order valence-electron chi connectivity index (χ4n) is 2.94. The van der Waals surface area contributed by atoms with E-state index in [4.69, 9.17) is 5.73 Å². The van der Waals surface area contributed by atoms with Gasteiger partial charge in [0.15, 0.2) is 6.04 Å². The first kappa shape index (κ1) is 19.7. The van der Waals surface area contributed by atoms with Gasteiger partial charge in [-0.05, 0) is 37.1 Å². The maximum atomic E-state index is 12.5. The minimum atomic E-state index is -0.482. The predicted molar refractivity (Wildman–Crippen MR) is 104 cm³/mol. The van der Waals surface area contributed by atoms with Crippen LogP contribution in [0.4, 0.5) is 5.69 Å². The molecule has 5 N–H and O–H groups in total. The molecule has 0 saturated carbocycles. The van der Waals surface area contributed by atoms with Gasteiger partial charge in [-0.15, -0.1) is 0 Å². The highest BCUT2D eigenvalue weighted by Gasteiger charge is 2.24. The molecule has 0 radical (unpaired) electrons. The number of anilines is 1. The molecule has 0 fully saturated rings. The zero-order valence-electron chi connectivity index (χ0n) is 15.6. The van der Waals surface area contributed by atoms with Crippen LogP contribution in [0.5, 0.6) is 0 Å². The first-order chi connectivity index (χ1) is 12.4. The van der Waals surface area contributed by atoms with Crippen LogP contribution in [-0.2, 0) is 4.79 Å². The first-order valence-corrected chi connectivity index (χ1v) is 8.97. The van der Waals surface area contributed by atoms with Crippen LogP contribution in [0.2, 0.25) is 0 Å². The maximum Gasteiger partial charge on any atom is 0.282 e. The van der Waals surface area contributed by atoms with Gasteiger partial charge >= 0.3 is 0 Å². The van der Waals surface area contributed by atoms with Crippen LogP contribution in [0.1, 0.15) is 49.2 Å². The fraction of sp³-hybridized carbons (Fsp3) is 0.333. The second-order valence-electron chi connectivity index (χ2n) is 7.06. The van der Waals surface area contributed by atoms with Gasteiger partial charge in [-0.1, -0.05) is 44.2 Å². The average molecular weight is 354 g/mol. The van der Waals surface area contributed by atoms with E-state index in [1.54, 1.807) is 24.3 Å². The van der Waals surface area contributed by atoms with Gasteiger partial charge in [0.05, 0.1) is 0 Å². The van der Waals surface area contributed by atoms with Crippen molar-refractivity contribution in [2.75, 3.05) is 5.32 Å². The molecule has 0 spiro atoms. The third kappa shape index (κ3) is 5.70. The van der Waals surface area contributed by atoms with Gasteiger partial charge in [-0.25, -0.2) is 0 Å². The highest BCUT2D eigenvalue weighted by molar-refractivity contribution is 5.95.